The number of rotatable bonds is 11. The number of hydrogen-bond acceptors (Lipinski definition) is 2. The lowest BCUT2D eigenvalue weighted by atomic mass is 9.94. The monoisotopic (exact) mass is 680 g/mol. The van der Waals surface area contributed by atoms with E-state index in [4.69, 9.17) is 9.97 Å². The molecular formula is C48H48N4. The summed E-state index contributed by atoms with van der Waals surface area (Å²) in [5.41, 5.74) is 16.9. The molecule has 0 aliphatic heterocycles. The molecule has 0 saturated heterocycles. The van der Waals surface area contributed by atoms with E-state index in [-0.39, 0.29) is 0 Å². The van der Waals surface area contributed by atoms with Gasteiger partial charge >= 0.3 is 0 Å². The highest BCUT2D eigenvalue weighted by molar-refractivity contribution is 5.63. The molecule has 1 aliphatic carbocycles. The first-order valence-electron chi connectivity index (χ1n) is 18.8. The minimum atomic E-state index is 0.707. The van der Waals surface area contributed by atoms with Crippen LogP contribution in [0.1, 0.15) is 69.3 Å². The van der Waals surface area contributed by atoms with Crippen LogP contribution in [-0.2, 0) is 25.7 Å². The molecule has 8 rings (SSSR count). The number of benzene rings is 5. The third kappa shape index (κ3) is 6.90. The summed E-state index contributed by atoms with van der Waals surface area (Å²) in [6.45, 7) is 11.1. The zero-order chi connectivity index (χ0) is 35.8. The maximum Gasteiger partial charge on any atom is 0.144 e. The van der Waals surface area contributed by atoms with Gasteiger partial charge in [-0.3, -0.25) is 9.13 Å². The lowest BCUT2D eigenvalue weighted by molar-refractivity contribution is 0.889. The third-order valence-electron chi connectivity index (χ3n) is 11.1. The minimum Gasteiger partial charge on any atom is -0.299 e. The van der Waals surface area contributed by atoms with E-state index in [1.807, 2.05) is 12.4 Å². The molecule has 0 amide bonds. The first-order valence-corrected chi connectivity index (χ1v) is 18.8. The van der Waals surface area contributed by atoms with Gasteiger partial charge in [0.15, 0.2) is 0 Å². The molecule has 5 aromatic carbocycles. The molecule has 52 heavy (non-hydrogen) atoms. The zero-order valence-electron chi connectivity index (χ0n) is 31.1. The molecule has 4 nitrogen and oxygen atoms in total. The fraction of sp³-hybridized carbons (Fsp3) is 0.250. The number of aryl methyl sites for hydroxylation is 8. The summed E-state index contributed by atoms with van der Waals surface area (Å²) in [7, 11) is 0. The normalized spacial score (nSPS) is 15.2. The molecule has 0 bridgehead atoms. The van der Waals surface area contributed by atoms with E-state index in [0.717, 1.165) is 54.4 Å². The smallest absolute Gasteiger partial charge is 0.144 e. The first-order chi connectivity index (χ1) is 25.3. The number of para-hydroxylation sites is 2. The van der Waals surface area contributed by atoms with Gasteiger partial charge in [0.1, 0.15) is 11.6 Å². The molecule has 0 radical (unpaired) electrons. The zero-order valence-corrected chi connectivity index (χ0v) is 31.1. The Morgan fingerprint density at radius 3 is 1.29 bits per heavy atom. The standard InChI is InChI=1S/C48H48N4/c1-32-8-6-9-33(2)45(32)51-26-24-49-47(51)41-20-16-37(17-21-41)12-14-39-29-40(31-43(30-39)44-28-36(44)5)15-13-38-18-22-42(23-19-38)48-50-25-27-52(48)46-34(3)10-7-11-35(46)4/h6-11,16-27,29-31,36,44H,12-15,28H2,1-5H3/t36?,44-/m0/s1. The Morgan fingerprint density at radius 1 is 0.519 bits per heavy atom. The molecule has 1 aliphatic rings. The molecule has 7 aromatic rings. The van der Waals surface area contributed by atoms with E-state index in [0.29, 0.717) is 5.92 Å². The van der Waals surface area contributed by atoms with Crippen molar-refractivity contribution < 1.29 is 0 Å². The Morgan fingerprint density at radius 2 is 0.904 bits per heavy atom. The quantitative estimate of drug-likeness (QED) is 0.136. The van der Waals surface area contributed by atoms with Crippen LogP contribution in [0.25, 0.3) is 34.2 Å². The minimum absolute atomic E-state index is 0.707. The SMILES string of the molecule is Cc1cccc(C)c1-n1ccnc1-c1ccc(CCc2cc(CCc3ccc(-c4nccn4-c4c(C)cccc4C)cc3)cc([C@H]3CC3C)c2)cc1. The molecular weight excluding hydrogens is 633 g/mol. The summed E-state index contributed by atoms with van der Waals surface area (Å²) in [5, 5.41) is 0. The largest absolute Gasteiger partial charge is 0.299 e. The van der Waals surface area contributed by atoms with E-state index in [1.165, 1.54) is 67.9 Å². The predicted molar refractivity (Wildman–Crippen MR) is 215 cm³/mol. The van der Waals surface area contributed by atoms with E-state index in [1.54, 1.807) is 0 Å². The number of hydrogen-bond donors (Lipinski definition) is 0. The highest BCUT2D eigenvalue weighted by Gasteiger charge is 2.34. The van der Waals surface area contributed by atoms with Crippen molar-refractivity contribution in [2.45, 2.75) is 72.6 Å². The molecule has 1 unspecified atom stereocenters. The van der Waals surface area contributed by atoms with Gasteiger partial charge in [-0.05, 0) is 122 Å². The van der Waals surface area contributed by atoms with Gasteiger partial charge < -0.3 is 0 Å². The molecule has 0 N–H and O–H groups in total. The Labute approximate surface area is 308 Å². The summed E-state index contributed by atoms with van der Waals surface area (Å²) in [6.07, 6.45) is 13.4. The number of nitrogens with zero attached hydrogens (tertiary/aromatic N) is 4. The maximum atomic E-state index is 4.75. The van der Waals surface area contributed by atoms with Crippen molar-refractivity contribution >= 4 is 0 Å². The Balaban J connectivity index is 0.951. The van der Waals surface area contributed by atoms with Crippen molar-refractivity contribution in [3.63, 3.8) is 0 Å². The summed E-state index contributed by atoms with van der Waals surface area (Å²) >= 11 is 0. The third-order valence-corrected chi connectivity index (χ3v) is 11.1. The van der Waals surface area contributed by atoms with E-state index in [2.05, 4.69) is 159 Å². The van der Waals surface area contributed by atoms with Crippen LogP contribution in [0.3, 0.4) is 0 Å². The fourth-order valence-electron chi connectivity index (χ4n) is 8.07. The molecule has 2 heterocycles. The van der Waals surface area contributed by atoms with Gasteiger partial charge in [0.2, 0.25) is 0 Å². The average Bonchev–Trinajstić information content (AvgIpc) is 3.46. The Kier molecular flexibility index (Phi) is 9.23. The van der Waals surface area contributed by atoms with Crippen LogP contribution in [0.2, 0.25) is 0 Å². The second-order valence-corrected chi connectivity index (χ2v) is 15.0. The highest BCUT2D eigenvalue weighted by Crippen LogP contribution is 2.47. The van der Waals surface area contributed by atoms with E-state index >= 15 is 0 Å². The van der Waals surface area contributed by atoms with Gasteiger partial charge in [-0.2, -0.15) is 0 Å². The van der Waals surface area contributed by atoms with Crippen LogP contribution in [0.5, 0.6) is 0 Å². The topological polar surface area (TPSA) is 35.6 Å². The van der Waals surface area contributed by atoms with Gasteiger partial charge in [0.25, 0.3) is 0 Å². The average molecular weight is 681 g/mol. The van der Waals surface area contributed by atoms with E-state index < -0.39 is 0 Å². The van der Waals surface area contributed by atoms with Crippen molar-refractivity contribution in [3.8, 4) is 34.2 Å². The summed E-state index contributed by atoms with van der Waals surface area (Å²) in [6, 6.07) is 38.4. The predicted octanol–water partition coefficient (Wildman–Crippen LogP) is 11.3. The van der Waals surface area contributed by atoms with Gasteiger partial charge in [-0.1, -0.05) is 110 Å². The molecule has 1 fully saturated rings. The van der Waals surface area contributed by atoms with Crippen LogP contribution in [0, 0.1) is 33.6 Å². The summed E-state index contributed by atoms with van der Waals surface area (Å²) in [4.78, 5) is 9.50. The van der Waals surface area contributed by atoms with Crippen LogP contribution in [0.4, 0.5) is 0 Å². The number of imidazole rings is 2. The van der Waals surface area contributed by atoms with E-state index in [9.17, 15) is 0 Å². The van der Waals surface area contributed by atoms with Gasteiger partial charge in [-0.15, -0.1) is 0 Å². The molecule has 1 saturated carbocycles. The molecule has 260 valence electrons. The Hall–Kier alpha value is -5.48. The van der Waals surface area contributed by atoms with Crippen LogP contribution >= 0.6 is 0 Å². The molecule has 0 spiro atoms. The van der Waals surface area contributed by atoms with Crippen LogP contribution < -0.4 is 0 Å². The lowest BCUT2D eigenvalue weighted by Crippen LogP contribution is -2.02. The van der Waals surface area contributed by atoms with Crippen LogP contribution in [0.15, 0.2) is 128 Å². The van der Waals surface area contributed by atoms with Crippen molar-refractivity contribution in [3.05, 3.63) is 178 Å². The molecule has 2 aromatic heterocycles. The number of aromatic nitrogens is 4. The van der Waals surface area contributed by atoms with Crippen molar-refractivity contribution in [2.24, 2.45) is 5.92 Å². The lowest BCUT2D eigenvalue weighted by Gasteiger charge is -2.14. The van der Waals surface area contributed by atoms with Crippen molar-refractivity contribution in [1.82, 2.24) is 19.1 Å². The first kappa shape index (κ1) is 33.7. The van der Waals surface area contributed by atoms with Gasteiger partial charge in [-0.25, -0.2) is 9.97 Å². The Bertz CT molecular complexity index is 2140. The van der Waals surface area contributed by atoms with Gasteiger partial charge in [0.05, 0.1) is 11.4 Å². The summed E-state index contributed by atoms with van der Waals surface area (Å²) in [5.74, 6) is 3.46. The maximum absolute atomic E-state index is 4.75. The molecule has 4 heteroatoms. The highest BCUT2D eigenvalue weighted by atomic mass is 15.1. The second kappa shape index (κ2) is 14.3. The summed E-state index contributed by atoms with van der Waals surface area (Å²) < 4.78 is 4.45. The van der Waals surface area contributed by atoms with Gasteiger partial charge in [0, 0.05) is 35.9 Å². The fourth-order valence-corrected chi connectivity index (χ4v) is 8.07. The molecule has 2 atom stereocenters. The van der Waals surface area contributed by atoms with Crippen LogP contribution in [-0.4, -0.2) is 19.1 Å². The second-order valence-electron chi connectivity index (χ2n) is 15.0. The van der Waals surface area contributed by atoms with Crippen molar-refractivity contribution in [1.29, 1.82) is 0 Å². The van der Waals surface area contributed by atoms with Crippen molar-refractivity contribution in [2.75, 3.05) is 0 Å².